The SMILES string of the molecule is C=C(F)C(=O)O.[NH4+]. The minimum Gasteiger partial charge on any atom is -0.476 e. The third-order valence-electron chi connectivity index (χ3n) is 0.232. The second kappa shape index (κ2) is 3.30. The van der Waals surface area contributed by atoms with Gasteiger partial charge in [-0.1, -0.05) is 6.58 Å². The Morgan fingerprint density at radius 2 is 1.86 bits per heavy atom. The summed E-state index contributed by atoms with van der Waals surface area (Å²) >= 11 is 0. The lowest BCUT2D eigenvalue weighted by molar-refractivity contribution is -0.134. The van der Waals surface area contributed by atoms with Crippen LogP contribution in [0.2, 0.25) is 0 Å². The molecular formula is C3H7FNO2+. The van der Waals surface area contributed by atoms with E-state index in [2.05, 4.69) is 6.58 Å². The number of quaternary nitrogens is 1. The van der Waals surface area contributed by atoms with E-state index in [0.717, 1.165) is 0 Å². The number of hydrogen-bond donors (Lipinski definition) is 2. The molecule has 0 heterocycles. The predicted octanol–water partition coefficient (Wildman–Crippen LogP) is 0.930. The molecule has 5 N–H and O–H groups in total. The molecule has 0 rings (SSSR count). The van der Waals surface area contributed by atoms with Crippen LogP contribution in [-0.2, 0) is 4.79 Å². The predicted molar refractivity (Wildman–Crippen MR) is 23.9 cm³/mol. The van der Waals surface area contributed by atoms with Crippen LogP contribution in [0.5, 0.6) is 0 Å². The fourth-order valence-corrected chi connectivity index (χ4v) is 0. The molecule has 0 aromatic carbocycles. The minimum absolute atomic E-state index is 0. The highest BCUT2D eigenvalue weighted by Gasteiger charge is 1.96. The highest BCUT2D eigenvalue weighted by molar-refractivity contribution is 5.82. The first-order chi connectivity index (χ1) is 2.64. The first-order valence-electron chi connectivity index (χ1n) is 1.22. The molecule has 0 radical (unpaired) electrons. The molecule has 0 aliphatic carbocycles. The molecule has 0 saturated carbocycles. The summed E-state index contributed by atoms with van der Waals surface area (Å²) in [6.45, 7) is 2.49. The number of hydrogen-bond acceptors (Lipinski definition) is 1. The molecule has 0 spiro atoms. The third kappa shape index (κ3) is 5.10. The fraction of sp³-hybridized carbons (Fsp3) is 0. The molecule has 7 heavy (non-hydrogen) atoms. The van der Waals surface area contributed by atoms with Crippen molar-refractivity contribution in [3.8, 4) is 0 Å². The van der Waals surface area contributed by atoms with Crippen LogP contribution in [0.25, 0.3) is 0 Å². The van der Waals surface area contributed by atoms with E-state index in [4.69, 9.17) is 5.11 Å². The van der Waals surface area contributed by atoms with Gasteiger partial charge in [-0.25, -0.2) is 4.79 Å². The van der Waals surface area contributed by atoms with Crippen LogP contribution < -0.4 is 6.15 Å². The van der Waals surface area contributed by atoms with E-state index < -0.39 is 11.8 Å². The van der Waals surface area contributed by atoms with E-state index in [-0.39, 0.29) is 6.15 Å². The maximum Gasteiger partial charge on any atom is 0.364 e. The van der Waals surface area contributed by atoms with Crippen molar-refractivity contribution in [1.29, 1.82) is 0 Å². The zero-order valence-electron chi connectivity index (χ0n) is 3.94. The summed E-state index contributed by atoms with van der Waals surface area (Å²) in [6.07, 6.45) is 0. The van der Waals surface area contributed by atoms with Gasteiger partial charge in [0.25, 0.3) is 0 Å². The van der Waals surface area contributed by atoms with E-state index in [0.29, 0.717) is 0 Å². The average molecular weight is 108 g/mol. The van der Waals surface area contributed by atoms with E-state index in [1.165, 1.54) is 0 Å². The highest BCUT2D eigenvalue weighted by atomic mass is 19.1. The topological polar surface area (TPSA) is 73.8 Å². The summed E-state index contributed by atoms with van der Waals surface area (Å²) in [5.74, 6) is -2.93. The second-order valence-electron chi connectivity index (χ2n) is 0.710. The molecule has 0 saturated heterocycles. The third-order valence-corrected chi connectivity index (χ3v) is 0.232. The Morgan fingerprint density at radius 1 is 1.71 bits per heavy atom. The zero-order chi connectivity index (χ0) is 5.15. The van der Waals surface area contributed by atoms with Crippen LogP contribution in [0, 0.1) is 0 Å². The van der Waals surface area contributed by atoms with Gasteiger partial charge in [0.15, 0.2) is 0 Å². The lowest BCUT2D eigenvalue weighted by atomic mass is 10.6. The maximum atomic E-state index is 11.0. The molecule has 0 bridgehead atoms. The summed E-state index contributed by atoms with van der Waals surface area (Å²) in [6, 6.07) is 0. The standard InChI is InChI=1S/C3H3FO2.H3N/c1-2(4)3(5)6;/h1H2,(H,5,6);1H3/p+1. The van der Waals surface area contributed by atoms with E-state index in [1.807, 2.05) is 0 Å². The number of rotatable bonds is 1. The maximum absolute atomic E-state index is 11.0. The van der Waals surface area contributed by atoms with Crippen LogP contribution in [0.1, 0.15) is 0 Å². The highest BCUT2D eigenvalue weighted by Crippen LogP contribution is 1.86. The Morgan fingerprint density at radius 3 is 1.86 bits per heavy atom. The summed E-state index contributed by atoms with van der Waals surface area (Å²) < 4.78 is 11.0. The first-order valence-corrected chi connectivity index (χ1v) is 1.22. The van der Waals surface area contributed by atoms with Gasteiger partial charge in [0.1, 0.15) is 0 Å². The van der Waals surface area contributed by atoms with Gasteiger partial charge in [0.2, 0.25) is 5.83 Å². The quantitative estimate of drug-likeness (QED) is 0.490. The average Bonchev–Trinajstić information content (AvgIpc) is 1.36. The lowest BCUT2D eigenvalue weighted by Crippen LogP contribution is -1.90. The Bertz CT molecular complexity index is 78.9. The van der Waals surface area contributed by atoms with Gasteiger partial charge in [-0.2, -0.15) is 4.39 Å². The number of carboxylic acids is 1. The van der Waals surface area contributed by atoms with Crippen molar-refractivity contribution in [2.45, 2.75) is 0 Å². The number of carbonyl (C=O) groups is 1. The zero-order valence-corrected chi connectivity index (χ0v) is 3.94. The molecule has 3 nitrogen and oxygen atoms in total. The van der Waals surface area contributed by atoms with Crippen LogP contribution in [0.3, 0.4) is 0 Å². The van der Waals surface area contributed by atoms with E-state index in [9.17, 15) is 9.18 Å². The van der Waals surface area contributed by atoms with Gasteiger partial charge in [-0.15, -0.1) is 0 Å². The molecule has 0 aliphatic rings. The van der Waals surface area contributed by atoms with Crippen LogP contribution in [0.4, 0.5) is 4.39 Å². The van der Waals surface area contributed by atoms with Crippen molar-refractivity contribution in [2.24, 2.45) is 0 Å². The lowest BCUT2D eigenvalue weighted by Gasteiger charge is -1.75. The Kier molecular flexibility index (Phi) is 4.44. The second-order valence-corrected chi connectivity index (χ2v) is 0.710. The Hall–Kier alpha value is -0.900. The van der Waals surface area contributed by atoms with Crippen molar-refractivity contribution < 1.29 is 14.3 Å². The largest absolute Gasteiger partial charge is 0.476 e. The summed E-state index contributed by atoms with van der Waals surface area (Å²) in [7, 11) is 0. The van der Waals surface area contributed by atoms with Crippen LogP contribution >= 0.6 is 0 Å². The van der Waals surface area contributed by atoms with Gasteiger partial charge < -0.3 is 11.3 Å². The summed E-state index contributed by atoms with van der Waals surface area (Å²) in [5.41, 5.74) is 0. The van der Waals surface area contributed by atoms with Crippen LogP contribution in [0.15, 0.2) is 12.4 Å². The molecule has 0 aromatic heterocycles. The first kappa shape index (κ1) is 9.44. The molecule has 0 aromatic rings. The Labute approximate surface area is 40.0 Å². The Balaban J connectivity index is 0. The molecule has 4 heteroatoms. The molecule has 0 unspecified atom stereocenters. The van der Waals surface area contributed by atoms with Gasteiger partial charge >= 0.3 is 5.97 Å². The molecular weight excluding hydrogens is 101 g/mol. The van der Waals surface area contributed by atoms with Crippen molar-refractivity contribution in [1.82, 2.24) is 6.15 Å². The molecule has 0 fully saturated rings. The normalized spacial score (nSPS) is 6.43. The smallest absolute Gasteiger partial charge is 0.364 e. The van der Waals surface area contributed by atoms with Gasteiger partial charge in [-0.05, 0) is 0 Å². The molecule has 0 atom stereocenters. The summed E-state index contributed by atoms with van der Waals surface area (Å²) in [5, 5.41) is 7.52. The molecule has 42 valence electrons. The van der Waals surface area contributed by atoms with Gasteiger partial charge in [0, 0.05) is 0 Å². The number of carboxylic acid groups (broad SMARTS) is 1. The molecule has 0 amide bonds. The fourth-order valence-electron chi connectivity index (χ4n) is 0. The van der Waals surface area contributed by atoms with Crippen molar-refractivity contribution in [3.63, 3.8) is 0 Å². The summed E-state index contributed by atoms with van der Waals surface area (Å²) in [4.78, 5) is 9.22. The minimum atomic E-state index is -1.60. The van der Waals surface area contributed by atoms with Crippen LogP contribution in [-0.4, -0.2) is 11.1 Å². The van der Waals surface area contributed by atoms with Gasteiger partial charge in [0.05, 0.1) is 0 Å². The van der Waals surface area contributed by atoms with Crippen molar-refractivity contribution in [2.75, 3.05) is 0 Å². The van der Waals surface area contributed by atoms with E-state index in [1.54, 1.807) is 0 Å². The van der Waals surface area contributed by atoms with Crippen molar-refractivity contribution in [3.05, 3.63) is 12.4 Å². The van der Waals surface area contributed by atoms with Crippen molar-refractivity contribution >= 4 is 5.97 Å². The van der Waals surface area contributed by atoms with Gasteiger partial charge in [-0.3, -0.25) is 0 Å². The number of halogens is 1. The number of aliphatic carboxylic acids is 1. The van der Waals surface area contributed by atoms with E-state index >= 15 is 0 Å². The monoisotopic (exact) mass is 108 g/mol. The molecule has 0 aliphatic heterocycles.